The van der Waals surface area contributed by atoms with E-state index in [0.717, 1.165) is 17.5 Å². The molecule has 6 nitrogen and oxygen atoms in total. The van der Waals surface area contributed by atoms with Crippen LogP contribution in [0.5, 0.6) is 5.75 Å². The van der Waals surface area contributed by atoms with Crippen LogP contribution in [0, 0.1) is 0 Å². The fraction of sp³-hybridized carbons (Fsp3) is 0.267. The quantitative estimate of drug-likeness (QED) is 0.655. The fourth-order valence-electron chi connectivity index (χ4n) is 2.23. The van der Waals surface area contributed by atoms with E-state index < -0.39 is 23.4 Å². The molecule has 2 heterocycles. The molecule has 0 fully saturated rings. The molecule has 0 saturated heterocycles. The second kappa shape index (κ2) is 6.36. The molecule has 0 atom stereocenters. The van der Waals surface area contributed by atoms with E-state index in [4.69, 9.17) is 4.74 Å². The first-order valence-corrected chi connectivity index (χ1v) is 7.94. The Morgan fingerprint density at radius 3 is 2.76 bits per heavy atom. The second-order valence-corrected chi connectivity index (χ2v) is 5.88. The van der Waals surface area contributed by atoms with E-state index in [-0.39, 0.29) is 11.7 Å². The number of rotatable bonds is 4. The van der Waals surface area contributed by atoms with E-state index >= 15 is 0 Å². The summed E-state index contributed by atoms with van der Waals surface area (Å²) in [5, 5.41) is 3.70. The van der Waals surface area contributed by atoms with Gasteiger partial charge in [-0.05, 0) is 25.1 Å². The Bertz CT molecular complexity index is 933. The lowest BCUT2D eigenvalue weighted by atomic mass is 10.2. The molecule has 0 N–H and O–H groups in total. The fourth-order valence-corrected chi connectivity index (χ4v) is 3.19. The highest BCUT2D eigenvalue weighted by Crippen LogP contribution is 2.36. The molecule has 3 rings (SSSR count). The minimum absolute atomic E-state index is 0.00822. The molecule has 2 aromatic heterocycles. The average molecular weight is 371 g/mol. The van der Waals surface area contributed by atoms with E-state index in [2.05, 4.69) is 14.8 Å². The zero-order valence-electron chi connectivity index (χ0n) is 13.1. The Morgan fingerprint density at radius 1 is 1.36 bits per heavy atom. The van der Waals surface area contributed by atoms with Gasteiger partial charge in [-0.25, -0.2) is 14.5 Å². The Labute approximate surface area is 143 Å². The largest absolute Gasteiger partial charge is 0.497 e. The third kappa shape index (κ3) is 3.16. The first-order chi connectivity index (χ1) is 11.8. The average Bonchev–Trinajstić information content (AvgIpc) is 3.17. The van der Waals surface area contributed by atoms with Gasteiger partial charge in [-0.1, -0.05) is 11.3 Å². The number of thiazole rings is 1. The molecule has 0 aliphatic heterocycles. The highest BCUT2D eigenvalue weighted by atomic mass is 32.1. The second-order valence-electron chi connectivity index (χ2n) is 4.87. The highest BCUT2D eigenvalue weighted by Gasteiger charge is 2.41. The minimum atomic E-state index is -4.80. The summed E-state index contributed by atoms with van der Waals surface area (Å²) >= 11 is 1.01. The third-order valence-electron chi connectivity index (χ3n) is 3.30. The molecule has 25 heavy (non-hydrogen) atoms. The number of carbonyl (C=O) groups is 1. The molecule has 3 aromatic rings. The molecular weight excluding hydrogens is 359 g/mol. The van der Waals surface area contributed by atoms with Crippen LogP contribution in [0.15, 0.2) is 24.4 Å². The lowest BCUT2D eigenvalue weighted by Crippen LogP contribution is -2.18. The van der Waals surface area contributed by atoms with Crippen LogP contribution >= 0.6 is 11.3 Å². The van der Waals surface area contributed by atoms with Crippen LogP contribution in [-0.4, -0.2) is 34.5 Å². The van der Waals surface area contributed by atoms with Gasteiger partial charge in [0.1, 0.15) is 11.3 Å². The molecule has 0 amide bonds. The number of ether oxygens (including phenoxy) is 2. The number of esters is 1. The maximum Gasteiger partial charge on any atom is 0.434 e. The number of aromatic nitrogens is 3. The van der Waals surface area contributed by atoms with E-state index in [1.165, 1.54) is 14.0 Å². The number of carbonyl (C=O) groups excluding carboxylic acids is 1. The number of alkyl halides is 3. The van der Waals surface area contributed by atoms with Crippen LogP contribution in [0.4, 0.5) is 13.2 Å². The summed E-state index contributed by atoms with van der Waals surface area (Å²) in [7, 11) is 1.49. The first kappa shape index (κ1) is 17.2. The van der Waals surface area contributed by atoms with Gasteiger partial charge < -0.3 is 9.47 Å². The van der Waals surface area contributed by atoms with Crippen molar-refractivity contribution in [3.8, 4) is 10.9 Å². The molecular formula is C15H12F3N3O3S. The lowest BCUT2D eigenvalue weighted by Gasteiger charge is -2.10. The maximum absolute atomic E-state index is 13.5. The van der Waals surface area contributed by atoms with E-state index in [9.17, 15) is 18.0 Å². The summed E-state index contributed by atoms with van der Waals surface area (Å²) in [6.07, 6.45) is -3.96. The van der Waals surface area contributed by atoms with Crippen molar-refractivity contribution in [1.82, 2.24) is 14.8 Å². The highest BCUT2D eigenvalue weighted by molar-refractivity contribution is 7.20. The molecule has 132 valence electrons. The number of hydrogen-bond acceptors (Lipinski definition) is 6. The van der Waals surface area contributed by atoms with Gasteiger partial charge in [-0.3, -0.25) is 0 Å². The van der Waals surface area contributed by atoms with Gasteiger partial charge >= 0.3 is 12.1 Å². The van der Waals surface area contributed by atoms with Crippen molar-refractivity contribution >= 4 is 27.5 Å². The number of nitrogens with zero attached hydrogens (tertiary/aromatic N) is 3. The SMILES string of the molecule is CCOC(=O)c1cnn(-c2nc3ccc(OC)cc3s2)c1C(F)(F)F. The Balaban J connectivity index is 2.15. The Kier molecular flexibility index (Phi) is 4.38. The zero-order chi connectivity index (χ0) is 18.2. The van der Waals surface area contributed by atoms with Crippen molar-refractivity contribution in [1.29, 1.82) is 0 Å². The van der Waals surface area contributed by atoms with Gasteiger partial charge in [0, 0.05) is 0 Å². The van der Waals surface area contributed by atoms with Gasteiger partial charge in [0.25, 0.3) is 0 Å². The summed E-state index contributed by atoms with van der Waals surface area (Å²) < 4.78 is 51.5. The normalized spacial score (nSPS) is 11.7. The molecule has 0 unspecified atom stereocenters. The molecule has 0 spiro atoms. The molecule has 0 bridgehead atoms. The summed E-state index contributed by atoms with van der Waals surface area (Å²) in [5.41, 5.74) is -1.36. The van der Waals surface area contributed by atoms with Gasteiger partial charge in [-0.2, -0.15) is 18.3 Å². The van der Waals surface area contributed by atoms with Gasteiger partial charge in [-0.15, -0.1) is 0 Å². The predicted molar refractivity (Wildman–Crippen MR) is 84.3 cm³/mol. The zero-order valence-corrected chi connectivity index (χ0v) is 13.9. The van der Waals surface area contributed by atoms with E-state index in [1.54, 1.807) is 18.2 Å². The van der Waals surface area contributed by atoms with E-state index in [0.29, 0.717) is 20.6 Å². The van der Waals surface area contributed by atoms with Gasteiger partial charge in [0.15, 0.2) is 5.69 Å². The molecule has 1 aromatic carbocycles. The number of methoxy groups -OCH3 is 1. The first-order valence-electron chi connectivity index (χ1n) is 7.12. The number of benzene rings is 1. The van der Waals surface area contributed by atoms with Crippen molar-refractivity contribution in [3.05, 3.63) is 35.7 Å². The summed E-state index contributed by atoms with van der Waals surface area (Å²) in [4.78, 5) is 16.0. The standard InChI is InChI=1S/C15H12F3N3O3S/c1-3-24-13(22)9-7-19-21(12(9)15(16,17)18)14-20-10-5-4-8(23-2)6-11(10)25-14/h4-7H,3H2,1-2H3. The van der Waals surface area contributed by atoms with Crippen LogP contribution in [0.1, 0.15) is 23.0 Å². The van der Waals surface area contributed by atoms with Crippen LogP contribution in [0.3, 0.4) is 0 Å². The molecule has 0 aliphatic rings. The molecule has 0 radical (unpaired) electrons. The van der Waals surface area contributed by atoms with Crippen molar-refractivity contribution in [2.75, 3.05) is 13.7 Å². The predicted octanol–water partition coefficient (Wildman–Crippen LogP) is 3.69. The van der Waals surface area contributed by atoms with Crippen molar-refractivity contribution in [2.24, 2.45) is 0 Å². The summed E-state index contributed by atoms with van der Waals surface area (Å²) in [6.45, 7) is 1.47. The molecule has 0 aliphatic carbocycles. The Morgan fingerprint density at radius 2 is 2.12 bits per heavy atom. The minimum Gasteiger partial charge on any atom is -0.497 e. The monoisotopic (exact) mass is 371 g/mol. The molecule has 10 heteroatoms. The third-order valence-corrected chi connectivity index (χ3v) is 4.29. The van der Waals surface area contributed by atoms with Crippen LogP contribution in [0.25, 0.3) is 15.3 Å². The number of halogens is 3. The van der Waals surface area contributed by atoms with Gasteiger partial charge in [0.2, 0.25) is 5.13 Å². The smallest absolute Gasteiger partial charge is 0.434 e. The van der Waals surface area contributed by atoms with Crippen molar-refractivity contribution < 1.29 is 27.4 Å². The van der Waals surface area contributed by atoms with Crippen LogP contribution in [0.2, 0.25) is 0 Å². The van der Waals surface area contributed by atoms with Crippen molar-refractivity contribution in [2.45, 2.75) is 13.1 Å². The Hall–Kier alpha value is -2.62. The van der Waals surface area contributed by atoms with E-state index in [1.807, 2.05) is 0 Å². The summed E-state index contributed by atoms with van der Waals surface area (Å²) in [6, 6.07) is 4.96. The van der Waals surface area contributed by atoms with Gasteiger partial charge in [0.05, 0.1) is 30.1 Å². The van der Waals surface area contributed by atoms with Crippen LogP contribution < -0.4 is 4.74 Å². The number of hydrogen-bond donors (Lipinski definition) is 0. The van der Waals surface area contributed by atoms with Crippen molar-refractivity contribution in [3.63, 3.8) is 0 Å². The summed E-state index contributed by atoms with van der Waals surface area (Å²) in [5.74, 6) is -0.518. The van der Waals surface area contributed by atoms with Crippen LogP contribution in [-0.2, 0) is 10.9 Å². The lowest BCUT2D eigenvalue weighted by molar-refractivity contribution is -0.143. The molecule has 0 saturated carbocycles. The number of fused-ring (bicyclic) bond motifs is 1. The maximum atomic E-state index is 13.5. The topological polar surface area (TPSA) is 66.2 Å².